The fourth-order valence-electron chi connectivity index (χ4n) is 20.9. The largest absolute Gasteiger partial charge is 0.490 e. The van der Waals surface area contributed by atoms with E-state index in [-0.39, 0.29) is 78.8 Å². The van der Waals surface area contributed by atoms with Crippen molar-refractivity contribution in [3.8, 4) is 131 Å². The van der Waals surface area contributed by atoms with Crippen LogP contribution in [-0.2, 0) is 44.9 Å². The Balaban J connectivity index is 0.000000132. The molecule has 4 aliphatic carbocycles. The standard InChI is InChI=1S/C29H32N4O3S.3C29H32N4O2S/c1-18(2)36-26-11-8-19(13-20(26)14-30)29-32-15-27(37-29)24-7-3-6-23-22(24)9-10-25(23)31-16-28(35)33-12-4-5-21(34)17-33;1-18(2)35-26-10-7-20(13-21(26)14-30)29-32-15-27(36-29)24-6-4-5-23-22(24)8-9-25(23)31-16-28(34)33-12-11-19(3)17-33;2*1-19(2)35-26-12-9-20(15-21(26)16-30)29-32-17-27(36-29)24-8-6-7-23-22(24)10-11-25(23)31-18-28(34)33-13-4-3-5-14-33/h3,6-8,11,13,15,18,21,25,31,34H,4-5,9-10,12,16-17H2,1-2H3;4-7,10,13,15,18-19,25,31H,8-9,11-12,16-17H2,1-3H3;2*6-9,12,15,17,19,25,31H,3-5,10-11,13-14,18H2,1-2H3/t21-,25-;19-,25+;2*25-/m0110/s1. The molecule has 750 valence electrons. The quantitative estimate of drug-likeness (QED) is 0.0304. The summed E-state index contributed by atoms with van der Waals surface area (Å²) in [5, 5.41) is 65.8. The molecule has 6 atom stereocenters. The molecule has 4 saturated heterocycles. The van der Waals surface area contributed by atoms with Gasteiger partial charge in [0.15, 0.2) is 0 Å². The predicted octanol–water partition coefficient (Wildman–Crippen LogP) is 21.7. The number of piperidine rings is 3. The van der Waals surface area contributed by atoms with Crippen molar-refractivity contribution in [3.63, 3.8) is 0 Å². The van der Waals surface area contributed by atoms with E-state index in [1.807, 2.05) is 168 Å². The number of rotatable bonds is 28. The minimum absolute atomic E-state index is 0.00121. The van der Waals surface area contributed by atoms with Crippen LogP contribution < -0.4 is 40.2 Å². The molecule has 4 aliphatic heterocycles. The van der Waals surface area contributed by atoms with Gasteiger partial charge in [0.05, 0.1) is 98.5 Å². The summed E-state index contributed by atoms with van der Waals surface area (Å²) in [4.78, 5) is 81.5. The molecule has 0 radical (unpaired) electrons. The van der Waals surface area contributed by atoms with E-state index in [2.05, 4.69) is 145 Å². The number of carbonyl (C=O) groups is 4. The van der Waals surface area contributed by atoms with E-state index in [9.17, 15) is 45.3 Å². The summed E-state index contributed by atoms with van der Waals surface area (Å²) in [6, 6.07) is 58.1. The maximum Gasteiger partial charge on any atom is 0.236 e. The summed E-state index contributed by atoms with van der Waals surface area (Å²) in [5.41, 5.74) is 20.9. The minimum atomic E-state index is -0.408. The van der Waals surface area contributed by atoms with Crippen LogP contribution in [0, 0.1) is 51.2 Å². The highest BCUT2D eigenvalue weighted by atomic mass is 32.1. The topological polar surface area (TPSA) is 333 Å². The summed E-state index contributed by atoms with van der Waals surface area (Å²) < 4.78 is 23.0. The Kier molecular flexibility index (Phi) is 34.6. The van der Waals surface area contributed by atoms with E-state index < -0.39 is 6.10 Å². The van der Waals surface area contributed by atoms with Crippen molar-refractivity contribution >= 4 is 69.0 Å². The predicted molar refractivity (Wildman–Crippen MR) is 573 cm³/mol. The van der Waals surface area contributed by atoms with E-state index in [0.29, 0.717) is 77.3 Å². The molecule has 8 aromatic carbocycles. The number of hydrogen-bond acceptors (Lipinski definition) is 25. The maximum atomic E-state index is 12.7. The van der Waals surface area contributed by atoms with Gasteiger partial charge in [-0.25, -0.2) is 19.9 Å². The summed E-state index contributed by atoms with van der Waals surface area (Å²) in [6.45, 7) is 25.8. The lowest BCUT2D eigenvalue weighted by Gasteiger charge is -2.30. The molecule has 8 heterocycles. The van der Waals surface area contributed by atoms with Gasteiger partial charge in [0.25, 0.3) is 0 Å². The van der Waals surface area contributed by atoms with E-state index >= 15 is 0 Å². The summed E-state index contributed by atoms with van der Waals surface area (Å²) in [6.07, 6.45) is 24.8. The number of nitrogens with one attached hydrogen (secondary N) is 4. The number of ether oxygens (including phenoxy) is 4. The highest BCUT2D eigenvalue weighted by Gasteiger charge is 2.35. The number of nitrogens with zero attached hydrogens (tertiary/aromatic N) is 12. The third kappa shape index (κ3) is 25.3. The van der Waals surface area contributed by atoms with Crippen LogP contribution in [0.1, 0.15) is 237 Å². The Morgan fingerprint density at radius 1 is 0.352 bits per heavy atom. The lowest BCUT2D eigenvalue weighted by molar-refractivity contribution is -0.133. The van der Waals surface area contributed by atoms with E-state index in [1.54, 1.807) is 50.2 Å². The van der Waals surface area contributed by atoms with Crippen molar-refractivity contribution < 1.29 is 43.2 Å². The molecule has 20 rings (SSSR count). The second kappa shape index (κ2) is 48.4. The molecule has 4 amide bonds. The highest BCUT2D eigenvalue weighted by Crippen LogP contribution is 2.48. The van der Waals surface area contributed by atoms with Gasteiger partial charge in [0.2, 0.25) is 23.6 Å². The number of thiazole rings is 4. The third-order valence-corrected chi connectivity index (χ3v) is 32.3. The molecule has 0 spiro atoms. The van der Waals surface area contributed by atoms with Gasteiger partial charge < -0.3 is 64.9 Å². The van der Waals surface area contributed by atoms with Gasteiger partial charge in [-0.2, -0.15) is 21.0 Å². The Morgan fingerprint density at radius 3 is 0.876 bits per heavy atom. The van der Waals surface area contributed by atoms with Crippen LogP contribution in [0.4, 0.5) is 0 Å². The number of amides is 4. The van der Waals surface area contributed by atoms with Crippen molar-refractivity contribution in [1.29, 1.82) is 21.0 Å². The average molecular weight is 2020 g/mol. The molecular formula is C116H128N16O9S4. The molecule has 5 N–H and O–H groups in total. The van der Waals surface area contributed by atoms with Crippen molar-refractivity contribution in [2.45, 2.75) is 226 Å². The maximum absolute atomic E-state index is 12.7. The fourth-order valence-corrected chi connectivity index (χ4v) is 24.7. The zero-order valence-corrected chi connectivity index (χ0v) is 87.4. The molecule has 8 aliphatic rings. The van der Waals surface area contributed by atoms with Crippen molar-refractivity contribution in [2.75, 3.05) is 78.5 Å². The number of aliphatic hydroxyl groups excluding tert-OH is 1. The Bertz CT molecular complexity index is 6360. The molecule has 4 aromatic heterocycles. The highest BCUT2D eigenvalue weighted by molar-refractivity contribution is 7.19. The zero-order valence-electron chi connectivity index (χ0n) is 84.2. The minimum Gasteiger partial charge on any atom is -0.490 e. The van der Waals surface area contributed by atoms with Crippen LogP contribution in [0.15, 0.2) is 170 Å². The number of fused-ring (bicyclic) bond motifs is 4. The second-order valence-electron chi connectivity index (χ2n) is 39.7. The SMILES string of the molecule is CC(C)Oc1ccc(-c2ncc(-c3cccc4c3CC[C@@H]4NCC(=O)N3CCCCC3)s2)cc1C#N.CC(C)Oc1ccc(-c2ncc(-c3cccc4c3CC[C@@H]4NCC(=O)N3CCC[C@H](O)C3)s2)cc1C#N.CC(C)Oc1ccc(-c2ncc(-c3cccc4c3CC[C@@H]4NCC(=O)N3CC[C@@H](C)C3)s2)cc1C#N.CC(C)Oc1ccc(-c2ncc(-c3cccc4c3CC[C@H]4NCC(=O)N3CCCCC3)s2)cc1C#N. The first kappa shape index (κ1) is 104. The molecule has 0 saturated carbocycles. The number of likely N-dealkylation sites (tertiary alicyclic amines) is 4. The van der Waals surface area contributed by atoms with Crippen LogP contribution in [-0.4, -0.2) is 177 Å². The van der Waals surface area contributed by atoms with Gasteiger partial charge in [-0.15, -0.1) is 45.3 Å². The van der Waals surface area contributed by atoms with Crippen LogP contribution >= 0.6 is 45.3 Å². The normalized spacial score (nSPS) is 18.1. The van der Waals surface area contributed by atoms with Crippen molar-refractivity contribution in [2.24, 2.45) is 5.92 Å². The van der Waals surface area contributed by atoms with Gasteiger partial charge in [0, 0.05) is 124 Å². The molecule has 145 heavy (non-hydrogen) atoms. The smallest absolute Gasteiger partial charge is 0.236 e. The van der Waals surface area contributed by atoms with E-state index in [4.69, 9.17) is 18.9 Å². The molecule has 4 fully saturated rings. The number of benzene rings is 8. The van der Waals surface area contributed by atoms with Crippen LogP contribution in [0.3, 0.4) is 0 Å². The number of nitriles is 4. The van der Waals surface area contributed by atoms with E-state index in [1.165, 1.54) is 79.6 Å². The van der Waals surface area contributed by atoms with Gasteiger partial charge in [-0.3, -0.25) is 19.2 Å². The Morgan fingerprint density at radius 2 is 0.621 bits per heavy atom. The van der Waals surface area contributed by atoms with Crippen LogP contribution in [0.5, 0.6) is 23.0 Å². The van der Waals surface area contributed by atoms with Gasteiger partial charge in [-0.05, 0) is 310 Å². The summed E-state index contributed by atoms with van der Waals surface area (Å²) >= 11 is 6.53. The Hall–Kier alpha value is -12.9. The number of carbonyl (C=O) groups excluding carboxylic acids is 4. The van der Waals surface area contributed by atoms with Gasteiger partial charge in [-0.1, -0.05) is 79.7 Å². The molecule has 12 aromatic rings. The van der Waals surface area contributed by atoms with Gasteiger partial charge in [0.1, 0.15) is 67.3 Å². The number of hydrogen-bond donors (Lipinski definition) is 5. The Labute approximate surface area is 867 Å². The number of aliphatic hydroxyl groups is 1. The lowest BCUT2D eigenvalue weighted by Crippen LogP contribution is -2.46. The average Bonchev–Trinajstić information content (AvgIpc) is 1.65. The van der Waals surface area contributed by atoms with Crippen molar-refractivity contribution in [3.05, 3.63) is 237 Å². The summed E-state index contributed by atoms with van der Waals surface area (Å²) in [5.74, 6) is 3.69. The molecular weight excluding hydrogens is 1890 g/mol. The van der Waals surface area contributed by atoms with E-state index in [0.717, 1.165) is 204 Å². The molecule has 0 unspecified atom stereocenters. The molecule has 29 heteroatoms. The monoisotopic (exact) mass is 2020 g/mol. The first-order valence-electron chi connectivity index (χ1n) is 51.3. The second-order valence-corrected chi connectivity index (χ2v) is 43.8. The van der Waals surface area contributed by atoms with Gasteiger partial charge >= 0.3 is 0 Å². The zero-order chi connectivity index (χ0) is 101. The van der Waals surface area contributed by atoms with Crippen LogP contribution in [0.25, 0.3) is 84.0 Å². The van der Waals surface area contributed by atoms with Crippen LogP contribution in [0.2, 0.25) is 0 Å². The third-order valence-electron chi connectivity index (χ3n) is 27.9. The van der Waals surface area contributed by atoms with Crippen molar-refractivity contribution in [1.82, 2.24) is 60.8 Å². The number of β-amino-alcohol motifs (C(OH)–C–C–N with tert-alkyl or cyclic N) is 1. The molecule has 0 bridgehead atoms. The summed E-state index contributed by atoms with van der Waals surface area (Å²) in [7, 11) is 0. The molecule has 25 nitrogen and oxygen atoms in total. The first-order valence-corrected chi connectivity index (χ1v) is 54.6. The number of aromatic nitrogens is 4. The fraction of sp³-hybridized carbons (Fsp3) is 0.414. The lowest BCUT2D eigenvalue weighted by atomic mass is 10.0. The first-order chi connectivity index (χ1) is 70.4.